The van der Waals surface area contributed by atoms with Gasteiger partial charge in [-0.1, -0.05) is 60.2 Å². The fourth-order valence-electron chi connectivity index (χ4n) is 3.20. The summed E-state index contributed by atoms with van der Waals surface area (Å²) in [5.41, 5.74) is 4.62. The first-order valence-electron chi connectivity index (χ1n) is 10.1. The molecule has 0 unspecified atom stereocenters. The van der Waals surface area contributed by atoms with E-state index in [-0.39, 0.29) is 10.8 Å². The molecule has 0 spiro atoms. The average molecular weight is 443 g/mol. The Hall–Kier alpha value is -3.90. The molecule has 160 valence electrons. The van der Waals surface area contributed by atoms with Crippen LogP contribution >= 0.6 is 0 Å². The smallest absolute Gasteiger partial charge is 0.261 e. The van der Waals surface area contributed by atoms with Gasteiger partial charge in [-0.05, 0) is 66.6 Å². The second kappa shape index (κ2) is 9.08. The van der Waals surface area contributed by atoms with E-state index < -0.39 is 10.0 Å². The lowest BCUT2D eigenvalue weighted by molar-refractivity contribution is 0.102. The Morgan fingerprint density at radius 3 is 1.84 bits per heavy atom. The van der Waals surface area contributed by atoms with E-state index in [2.05, 4.69) is 10.0 Å². The molecule has 0 aromatic heterocycles. The first kappa shape index (κ1) is 21.3. The number of aryl methyl sites for hydroxylation is 1. The van der Waals surface area contributed by atoms with Crippen molar-refractivity contribution in [3.63, 3.8) is 0 Å². The lowest BCUT2D eigenvalue weighted by Gasteiger charge is -2.10. The third kappa shape index (κ3) is 5.04. The zero-order valence-electron chi connectivity index (χ0n) is 17.4. The van der Waals surface area contributed by atoms with Crippen LogP contribution in [0.1, 0.15) is 15.9 Å². The topological polar surface area (TPSA) is 75.3 Å². The molecule has 32 heavy (non-hydrogen) atoms. The second-order valence-corrected chi connectivity index (χ2v) is 9.08. The summed E-state index contributed by atoms with van der Waals surface area (Å²) in [5, 5.41) is 2.83. The first-order chi connectivity index (χ1) is 15.4. The zero-order valence-corrected chi connectivity index (χ0v) is 18.3. The van der Waals surface area contributed by atoms with E-state index in [0.717, 1.165) is 16.7 Å². The summed E-state index contributed by atoms with van der Waals surface area (Å²) in [6.45, 7) is 1.90. The minimum absolute atomic E-state index is 0.194. The molecule has 0 bridgehead atoms. The Balaban J connectivity index is 1.41. The van der Waals surface area contributed by atoms with Crippen molar-refractivity contribution in [3.05, 3.63) is 114 Å². The number of anilines is 2. The highest BCUT2D eigenvalue weighted by Gasteiger charge is 2.14. The maximum atomic E-state index is 12.6. The molecular weight excluding hydrogens is 420 g/mol. The number of carbonyl (C=O) groups is 1. The molecule has 0 aliphatic heterocycles. The minimum atomic E-state index is -3.67. The molecule has 1 amide bonds. The molecule has 0 fully saturated rings. The van der Waals surface area contributed by atoms with Gasteiger partial charge >= 0.3 is 0 Å². The van der Waals surface area contributed by atoms with Crippen molar-refractivity contribution in [2.75, 3.05) is 10.0 Å². The standard InChI is InChI=1S/C26H22N2O3S/c1-19-7-17-25(18-8-19)32(30,31)28-24-15-13-23(14-16-24)27-26(29)22-11-9-21(10-12-22)20-5-3-2-4-6-20/h2-18,28H,1H3,(H,27,29). The average Bonchev–Trinajstić information content (AvgIpc) is 2.81. The van der Waals surface area contributed by atoms with Gasteiger partial charge in [-0.25, -0.2) is 8.42 Å². The van der Waals surface area contributed by atoms with Crippen LogP contribution in [0.15, 0.2) is 108 Å². The van der Waals surface area contributed by atoms with Crippen LogP contribution in [0.2, 0.25) is 0 Å². The largest absolute Gasteiger partial charge is 0.322 e. The maximum absolute atomic E-state index is 12.6. The first-order valence-corrected chi connectivity index (χ1v) is 11.6. The van der Waals surface area contributed by atoms with Crippen molar-refractivity contribution >= 4 is 27.3 Å². The fourth-order valence-corrected chi connectivity index (χ4v) is 4.26. The van der Waals surface area contributed by atoms with Gasteiger partial charge in [0, 0.05) is 16.9 Å². The van der Waals surface area contributed by atoms with Crippen LogP contribution in [0.5, 0.6) is 0 Å². The maximum Gasteiger partial charge on any atom is 0.261 e. The van der Waals surface area contributed by atoms with Crippen molar-refractivity contribution in [1.29, 1.82) is 0 Å². The van der Waals surface area contributed by atoms with Crippen LogP contribution < -0.4 is 10.0 Å². The van der Waals surface area contributed by atoms with E-state index in [1.54, 1.807) is 60.7 Å². The zero-order chi connectivity index (χ0) is 22.6. The molecule has 6 heteroatoms. The van der Waals surface area contributed by atoms with Crippen molar-refractivity contribution in [2.24, 2.45) is 0 Å². The molecule has 4 aromatic rings. The van der Waals surface area contributed by atoms with Gasteiger partial charge in [-0.3, -0.25) is 9.52 Å². The molecule has 0 aliphatic rings. The number of nitrogens with one attached hydrogen (secondary N) is 2. The van der Waals surface area contributed by atoms with Gasteiger partial charge in [0.15, 0.2) is 0 Å². The SMILES string of the molecule is Cc1ccc(S(=O)(=O)Nc2ccc(NC(=O)c3ccc(-c4ccccc4)cc3)cc2)cc1. The normalized spacial score (nSPS) is 11.0. The predicted octanol–water partition coefficient (Wildman–Crippen LogP) is 5.72. The highest BCUT2D eigenvalue weighted by Crippen LogP contribution is 2.21. The molecule has 0 atom stereocenters. The van der Waals surface area contributed by atoms with Crippen LogP contribution in [0.3, 0.4) is 0 Å². The number of sulfonamides is 1. The summed E-state index contributed by atoms with van der Waals surface area (Å²) in [4.78, 5) is 12.8. The molecule has 0 radical (unpaired) electrons. The van der Waals surface area contributed by atoms with Gasteiger partial charge in [0.25, 0.3) is 15.9 Å². The molecule has 4 aromatic carbocycles. The van der Waals surface area contributed by atoms with Crippen LogP contribution in [0.25, 0.3) is 11.1 Å². The van der Waals surface area contributed by atoms with Crippen molar-refractivity contribution < 1.29 is 13.2 Å². The number of rotatable bonds is 6. The summed E-state index contributed by atoms with van der Waals surface area (Å²) in [5.74, 6) is -0.238. The van der Waals surface area contributed by atoms with Gasteiger partial charge in [0.2, 0.25) is 0 Å². The Kier molecular flexibility index (Phi) is 6.05. The Labute approximate surface area is 187 Å². The molecule has 0 aliphatic carbocycles. The van der Waals surface area contributed by atoms with E-state index >= 15 is 0 Å². The Bertz CT molecular complexity index is 1310. The van der Waals surface area contributed by atoms with Crippen LogP contribution in [-0.4, -0.2) is 14.3 Å². The number of carbonyl (C=O) groups excluding carboxylic acids is 1. The van der Waals surface area contributed by atoms with Crippen LogP contribution in [0, 0.1) is 6.92 Å². The highest BCUT2D eigenvalue weighted by molar-refractivity contribution is 7.92. The van der Waals surface area contributed by atoms with Gasteiger partial charge in [0.1, 0.15) is 0 Å². The number of hydrogen-bond acceptors (Lipinski definition) is 3. The third-order valence-corrected chi connectivity index (χ3v) is 6.38. The summed E-state index contributed by atoms with van der Waals surface area (Å²) < 4.78 is 27.6. The molecule has 4 rings (SSSR count). The minimum Gasteiger partial charge on any atom is -0.322 e. The molecule has 0 saturated carbocycles. The van der Waals surface area contributed by atoms with Gasteiger partial charge < -0.3 is 5.32 Å². The molecule has 2 N–H and O–H groups in total. The van der Waals surface area contributed by atoms with E-state index in [0.29, 0.717) is 16.9 Å². The summed E-state index contributed by atoms with van der Waals surface area (Å²) in [6.07, 6.45) is 0. The van der Waals surface area contributed by atoms with E-state index in [1.807, 2.05) is 49.4 Å². The van der Waals surface area contributed by atoms with Gasteiger partial charge in [0.05, 0.1) is 4.90 Å². The quantitative estimate of drug-likeness (QED) is 0.401. The summed E-state index contributed by atoms with van der Waals surface area (Å²) in [7, 11) is -3.67. The number of amides is 1. The number of hydrogen-bond donors (Lipinski definition) is 2. The van der Waals surface area contributed by atoms with Crippen LogP contribution in [0.4, 0.5) is 11.4 Å². The molecular formula is C26H22N2O3S. The molecule has 0 heterocycles. The summed E-state index contributed by atoms with van der Waals surface area (Å²) in [6, 6.07) is 30.5. The lowest BCUT2D eigenvalue weighted by Crippen LogP contribution is -2.13. The van der Waals surface area contributed by atoms with Crippen molar-refractivity contribution in [2.45, 2.75) is 11.8 Å². The monoisotopic (exact) mass is 442 g/mol. The van der Waals surface area contributed by atoms with Crippen molar-refractivity contribution in [1.82, 2.24) is 0 Å². The second-order valence-electron chi connectivity index (χ2n) is 7.39. The van der Waals surface area contributed by atoms with E-state index in [9.17, 15) is 13.2 Å². The third-order valence-electron chi connectivity index (χ3n) is 4.98. The molecule has 5 nitrogen and oxygen atoms in total. The Morgan fingerprint density at radius 2 is 1.22 bits per heavy atom. The van der Waals surface area contributed by atoms with Crippen LogP contribution in [-0.2, 0) is 10.0 Å². The number of benzene rings is 4. The van der Waals surface area contributed by atoms with E-state index in [4.69, 9.17) is 0 Å². The predicted molar refractivity (Wildman–Crippen MR) is 128 cm³/mol. The van der Waals surface area contributed by atoms with Gasteiger partial charge in [-0.15, -0.1) is 0 Å². The molecule has 0 saturated heterocycles. The fraction of sp³-hybridized carbons (Fsp3) is 0.0385. The van der Waals surface area contributed by atoms with Gasteiger partial charge in [-0.2, -0.15) is 0 Å². The Morgan fingerprint density at radius 1 is 0.656 bits per heavy atom. The summed E-state index contributed by atoms with van der Waals surface area (Å²) >= 11 is 0. The highest BCUT2D eigenvalue weighted by atomic mass is 32.2. The lowest BCUT2D eigenvalue weighted by atomic mass is 10.0. The van der Waals surface area contributed by atoms with E-state index in [1.165, 1.54) is 0 Å². The van der Waals surface area contributed by atoms with Crippen molar-refractivity contribution in [3.8, 4) is 11.1 Å².